The molecule has 76 heavy (non-hydrogen) atoms. The van der Waals surface area contributed by atoms with E-state index in [1.54, 1.807) is 0 Å². The first-order valence-electron chi connectivity index (χ1n) is 34.2. The Kier molecular flexibility index (Phi) is 63.9. The normalized spacial score (nSPS) is 12.7. The summed E-state index contributed by atoms with van der Waals surface area (Å²) in [6.07, 6.45) is 83.2. The number of nitrogens with one attached hydrogen (secondary N) is 1. The number of esters is 1. The van der Waals surface area contributed by atoms with Crippen molar-refractivity contribution in [3.8, 4) is 0 Å². The highest BCUT2D eigenvalue weighted by molar-refractivity contribution is 5.76. The molecule has 0 saturated carbocycles. The van der Waals surface area contributed by atoms with Crippen molar-refractivity contribution in [3.05, 3.63) is 36.5 Å². The molecule has 2 unspecified atom stereocenters. The molecule has 3 N–H and O–H groups in total. The summed E-state index contributed by atoms with van der Waals surface area (Å²) in [6, 6.07) is -0.543. The minimum atomic E-state index is -0.665. The molecule has 0 radical (unpaired) electrons. The summed E-state index contributed by atoms with van der Waals surface area (Å²) >= 11 is 0. The number of unbranched alkanes of at least 4 members (excludes halogenated alkanes) is 47. The van der Waals surface area contributed by atoms with Crippen LogP contribution in [0.25, 0.3) is 0 Å². The summed E-state index contributed by atoms with van der Waals surface area (Å²) in [5.41, 5.74) is 0. The van der Waals surface area contributed by atoms with Gasteiger partial charge in [0.15, 0.2) is 0 Å². The predicted molar refractivity (Wildman–Crippen MR) is 333 cm³/mol. The lowest BCUT2D eigenvalue weighted by atomic mass is 10.0. The molecule has 0 fully saturated rings. The number of allylic oxidation sites excluding steroid dienone is 6. The molecule has 0 rings (SSSR count). The number of aliphatic hydroxyl groups excluding tert-OH is 2. The maximum atomic E-state index is 12.5. The molecule has 0 heterocycles. The Hall–Kier alpha value is -1.92. The van der Waals surface area contributed by atoms with Gasteiger partial charge in [0.1, 0.15) is 0 Å². The van der Waals surface area contributed by atoms with Gasteiger partial charge in [-0.05, 0) is 83.5 Å². The first kappa shape index (κ1) is 74.1. The second-order valence-electron chi connectivity index (χ2n) is 23.5. The van der Waals surface area contributed by atoms with Crippen LogP contribution in [-0.2, 0) is 14.3 Å². The highest BCUT2D eigenvalue weighted by Crippen LogP contribution is 2.18. The number of hydrogen-bond acceptors (Lipinski definition) is 5. The van der Waals surface area contributed by atoms with Gasteiger partial charge in [-0.25, -0.2) is 0 Å². The molecule has 0 aliphatic rings. The van der Waals surface area contributed by atoms with Gasteiger partial charge in [-0.2, -0.15) is 0 Å². The van der Waals surface area contributed by atoms with Crippen LogP contribution in [0.3, 0.4) is 0 Å². The second kappa shape index (κ2) is 65.6. The number of hydrogen-bond donors (Lipinski definition) is 3. The van der Waals surface area contributed by atoms with Crippen molar-refractivity contribution in [2.75, 3.05) is 13.2 Å². The van der Waals surface area contributed by atoms with Crippen molar-refractivity contribution >= 4 is 11.9 Å². The molecule has 6 nitrogen and oxygen atoms in total. The quantitative estimate of drug-likeness (QED) is 0.0320. The molecule has 1 amide bonds. The Balaban J connectivity index is 3.39. The van der Waals surface area contributed by atoms with Crippen LogP contribution in [-0.4, -0.2) is 47.4 Å². The van der Waals surface area contributed by atoms with Gasteiger partial charge < -0.3 is 20.3 Å². The van der Waals surface area contributed by atoms with Crippen molar-refractivity contribution in [1.29, 1.82) is 0 Å². The van der Waals surface area contributed by atoms with E-state index >= 15 is 0 Å². The van der Waals surface area contributed by atoms with E-state index in [1.165, 1.54) is 289 Å². The van der Waals surface area contributed by atoms with Crippen LogP contribution in [0.2, 0.25) is 0 Å². The number of rotatable bonds is 64. The molecule has 0 aromatic rings. The number of carbonyl (C=O) groups excluding carboxylic acids is 2. The van der Waals surface area contributed by atoms with Crippen LogP contribution in [0.15, 0.2) is 36.5 Å². The van der Waals surface area contributed by atoms with Gasteiger partial charge >= 0.3 is 5.97 Å². The lowest BCUT2D eigenvalue weighted by Crippen LogP contribution is -2.45. The summed E-state index contributed by atoms with van der Waals surface area (Å²) in [5, 5.41) is 23.4. The summed E-state index contributed by atoms with van der Waals surface area (Å²) in [4.78, 5) is 24.6. The fourth-order valence-electron chi connectivity index (χ4n) is 10.7. The van der Waals surface area contributed by atoms with Crippen molar-refractivity contribution in [2.24, 2.45) is 0 Å². The summed E-state index contributed by atoms with van der Waals surface area (Å²) < 4.78 is 5.48. The molecular weight excluding hydrogens is 935 g/mol. The fraction of sp³-hybridized carbons (Fsp3) is 0.886. The molecule has 448 valence electrons. The van der Waals surface area contributed by atoms with E-state index in [0.29, 0.717) is 25.9 Å². The average molecular weight is 1070 g/mol. The Bertz CT molecular complexity index is 1230. The number of carbonyl (C=O) groups is 2. The zero-order valence-electron chi connectivity index (χ0n) is 51.3. The van der Waals surface area contributed by atoms with Gasteiger partial charge in [0.25, 0.3) is 0 Å². The predicted octanol–water partition coefficient (Wildman–Crippen LogP) is 21.9. The van der Waals surface area contributed by atoms with Crippen LogP contribution >= 0.6 is 0 Å². The minimum Gasteiger partial charge on any atom is -0.466 e. The van der Waals surface area contributed by atoms with E-state index in [-0.39, 0.29) is 18.5 Å². The third-order valence-electron chi connectivity index (χ3n) is 15.9. The molecule has 0 spiro atoms. The lowest BCUT2D eigenvalue weighted by molar-refractivity contribution is -0.143. The molecule has 0 bridgehead atoms. The maximum absolute atomic E-state index is 12.5. The topological polar surface area (TPSA) is 95.9 Å². The highest BCUT2D eigenvalue weighted by Gasteiger charge is 2.20. The smallest absolute Gasteiger partial charge is 0.305 e. The second-order valence-corrected chi connectivity index (χ2v) is 23.5. The summed E-state index contributed by atoms with van der Waals surface area (Å²) in [5.74, 6) is -0.0317. The molecule has 2 atom stereocenters. The van der Waals surface area contributed by atoms with E-state index in [1.807, 2.05) is 0 Å². The van der Waals surface area contributed by atoms with Gasteiger partial charge in [-0.1, -0.05) is 314 Å². The van der Waals surface area contributed by atoms with Crippen molar-refractivity contribution in [3.63, 3.8) is 0 Å². The van der Waals surface area contributed by atoms with Crippen molar-refractivity contribution in [2.45, 2.75) is 386 Å². The monoisotopic (exact) mass is 1070 g/mol. The molecule has 0 aromatic heterocycles. The van der Waals surface area contributed by atoms with Crippen LogP contribution in [0, 0.1) is 0 Å². The van der Waals surface area contributed by atoms with Gasteiger partial charge in [0.05, 0.1) is 25.4 Å². The molecule has 0 saturated heterocycles. The van der Waals surface area contributed by atoms with Crippen molar-refractivity contribution < 1.29 is 24.5 Å². The van der Waals surface area contributed by atoms with E-state index in [0.717, 1.165) is 51.4 Å². The molecule has 0 aliphatic heterocycles. The van der Waals surface area contributed by atoms with E-state index < -0.39 is 12.1 Å². The molecular formula is C70H133NO5. The molecule has 0 aliphatic carbocycles. The number of amides is 1. The van der Waals surface area contributed by atoms with E-state index in [9.17, 15) is 19.8 Å². The van der Waals surface area contributed by atoms with Crippen LogP contribution < -0.4 is 5.32 Å². The van der Waals surface area contributed by atoms with Crippen molar-refractivity contribution in [1.82, 2.24) is 5.32 Å². The molecule has 6 heteroatoms. The van der Waals surface area contributed by atoms with E-state index in [2.05, 4.69) is 55.6 Å². The SMILES string of the molecule is CCCCC/C=C\C/C=C\CCCCCCCC(=O)OCCCCCCCCCCCCCC/C=C\CCCCCCCCCCCCCC(=O)NC(CO)C(O)CCCCCCCCCCCCCCCCCCC. The Morgan fingerprint density at radius 3 is 1.04 bits per heavy atom. The highest BCUT2D eigenvalue weighted by atomic mass is 16.5. The minimum absolute atomic E-state index is 0.00141. The first-order chi connectivity index (χ1) is 37.5. The Morgan fingerprint density at radius 2 is 0.658 bits per heavy atom. The van der Waals surface area contributed by atoms with Crippen LogP contribution in [0.5, 0.6) is 0 Å². The molecule has 0 aromatic carbocycles. The lowest BCUT2D eigenvalue weighted by Gasteiger charge is -2.22. The fourth-order valence-corrected chi connectivity index (χ4v) is 10.7. The van der Waals surface area contributed by atoms with Gasteiger partial charge in [-0.15, -0.1) is 0 Å². The average Bonchev–Trinajstić information content (AvgIpc) is 3.42. The Morgan fingerprint density at radius 1 is 0.368 bits per heavy atom. The van der Waals surface area contributed by atoms with Crippen LogP contribution in [0.4, 0.5) is 0 Å². The summed E-state index contributed by atoms with van der Waals surface area (Å²) in [6.45, 7) is 4.95. The van der Waals surface area contributed by atoms with Gasteiger partial charge in [0.2, 0.25) is 5.91 Å². The Labute approximate surface area is 474 Å². The van der Waals surface area contributed by atoms with Gasteiger partial charge in [0, 0.05) is 12.8 Å². The third-order valence-corrected chi connectivity index (χ3v) is 15.9. The van der Waals surface area contributed by atoms with Crippen LogP contribution in [0.1, 0.15) is 373 Å². The summed E-state index contributed by atoms with van der Waals surface area (Å²) in [7, 11) is 0. The standard InChI is InChI=1S/C70H133NO5/c1-3-5-7-9-11-13-15-17-19-31-35-38-42-46-50-54-58-62-68(73)67(66-72)71-69(74)63-59-55-51-47-43-39-36-32-29-27-25-23-21-20-22-24-26-28-30-33-37-41-45-49-53-57-61-65-76-70(75)64-60-56-52-48-44-40-34-18-16-14-12-10-8-6-4-2/h12,14,18,20-21,34,67-68,72-73H,3-11,13,15-17,19,22-33,35-66H2,1-2H3,(H,71,74)/b14-12-,21-20-,34-18-. The van der Waals surface area contributed by atoms with Gasteiger partial charge in [-0.3, -0.25) is 9.59 Å². The van der Waals surface area contributed by atoms with E-state index in [4.69, 9.17) is 4.74 Å². The first-order valence-corrected chi connectivity index (χ1v) is 34.2. The number of aliphatic hydroxyl groups is 2. The third kappa shape index (κ3) is 61.3. The largest absolute Gasteiger partial charge is 0.466 e. The maximum Gasteiger partial charge on any atom is 0.305 e. The zero-order valence-corrected chi connectivity index (χ0v) is 51.3. The zero-order chi connectivity index (χ0) is 55.0. The number of ether oxygens (including phenoxy) is 1.